The van der Waals surface area contributed by atoms with E-state index in [9.17, 15) is 4.79 Å². The number of benzene rings is 3. The third-order valence-electron chi connectivity index (χ3n) is 6.07. The Bertz CT molecular complexity index is 1400. The second-order valence-corrected chi connectivity index (χ2v) is 8.62. The summed E-state index contributed by atoms with van der Waals surface area (Å²) >= 11 is 5.99. The van der Waals surface area contributed by atoms with Crippen molar-refractivity contribution in [3.05, 3.63) is 87.2 Å². The molecule has 0 saturated carbocycles. The van der Waals surface area contributed by atoms with Crippen LogP contribution in [0.1, 0.15) is 11.1 Å². The maximum absolute atomic E-state index is 13.0. The molecular weight excluding hydrogens is 454 g/mol. The van der Waals surface area contributed by atoms with E-state index in [0.29, 0.717) is 41.5 Å². The smallest absolute Gasteiger partial charge is 0.344 e. The van der Waals surface area contributed by atoms with Crippen LogP contribution in [-0.2, 0) is 13.0 Å². The molecule has 0 saturated heterocycles. The van der Waals surface area contributed by atoms with Crippen LogP contribution in [0.3, 0.4) is 0 Å². The number of rotatable bonds is 6. The van der Waals surface area contributed by atoms with Crippen molar-refractivity contribution in [3.8, 4) is 28.4 Å². The van der Waals surface area contributed by atoms with Crippen LogP contribution in [0.5, 0.6) is 17.2 Å². The van der Waals surface area contributed by atoms with Gasteiger partial charge in [0.25, 0.3) is 0 Å². The van der Waals surface area contributed by atoms with Gasteiger partial charge in [-0.05, 0) is 60.0 Å². The number of nitrogens with zero attached hydrogens (tertiary/aromatic N) is 1. The largest absolute Gasteiger partial charge is 0.493 e. The number of halogens is 1. The standard InChI is InChI=1S/C27H24ClNO5/c1-31-24-10-5-18(14-25(24)32-2)21-13-19-6-9-23-22(26(19)34-27(21)30)15-29(16-33-23)12-11-17-3-7-20(28)8-4-17/h3-10,13-14H,11-12,15-16H2,1-2H3. The van der Waals surface area contributed by atoms with Crippen LogP contribution < -0.4 is 19.8 Å². The fourth-order valence-corrected chi connectivity index (χ4v) is 4.35. The van der Waals surface area contributed by atoms with E-state index in [1.165, 1.54) is 5.56 Å². The van der Waals surface area contributed by atoms with Crippen LogP contribution in [-0.4, -0.2) is 32.4 Å². The Balaban J connectivity index is 1.44. The van der Waals surface area contributed by atoms with Crippen molar-refractivity contribution >= 4 is 22.6 Å². The van der Waals surface area contributed by atoms with Gasteiger partial charge < -0.3 is 18.6 Å². The maximum atomic E-state index is 13.0. The van der Waals surface area contributed by atoms with Crippen LogP contribution in [0.15, 0.2) is 69.9 Å². The van der Waals surface area contributed by atoms with Gasteiger partial charge in [-0.1, -0.05) is 29.8 Å². The molecule has 0 radical (unpaired) electrons. The minimum Gasteiger partial charge on any atom is -0.493 e. The highest BCUT2D eigenvalue weighted by molar-refractivity contribution is 6.30. The Hall–Kier alpha value is -3.48. The van der Waals surface area contributed by atoms with Gasteiger partial charge in [0, 0.05) is 23.5 Å². The quantitative estimate of drug-likeness (QED) is 0.340. The van der Waals surface area contributed by atoms with E-state index in [-0.39, 0.29) is 0 Å². The molecule has 7 heteroatoms. The number of methoxy groups -OCH3 is 2. The monoisotopic (exact) mass is 477 g/mol. The van der Waals surface area contributed by atoms with Gasteiger partial charge in [0.15, 0.2) is 11.5 Å². The molecule has 0 N–H and O–H groups in total. The summed E-state index contributed by atoms with van der Waals surface area (Å²) in [4.78, 5) is 15.2. The van der Waals surface area contributed by atoms with E-state index < -0.39 is 5.63 Å². The summed E-state index contributed by atoms with van der Waals surface area (Å²) in [6.45, 7) is 1.93. The molecule has 5 rings (SSSR count). The lowest BCUT2D eigenvalue weighted by Gasteiger charge is -2.29. The van der Waals surface area contributed by atoms with E-state index in [1.807, 2.05) is 48.5 Å². The normalized spacial score (nSPS) is 13.4. The topological polar surface area (TPSA) is 61.1 Å². The molecule has 1 aromatic heterocycles. The fourth-order valence-electron chi connectivity index (χ4n) is 4.23. The zero-order valence-corrected chi connectivity index (χ0v) is 19.7. The van der Waals surface area contributed by atoms with Gasteiger partial charge >= 0.3 is 5.63 Å². The summed E-state index contributed by atoms with van der Waals surface area (Å²) in [7, 11) is 3.14. The van der Waals surface area contributed by atoms with Crippen molar-refractivity contribution in [2.75, 3.05) is 27.5 Å². The molecule has 0 unspecified atom stereocenters. The van der Waals surface area contributed by atoms with Gasteiger partial charge in [-0.25, -0.2) is 4.79 Å². The molecule has 34 heavy (non-hydrogen) atoms. The Morgan fingerprint density at radius 2 is 1.76 bits per heavy atom. The van der Waals surface area contributed by atoms with Crippen molar-refractivity contribution in [2.45, 2.75) is 13.0 Å². The van der Waals surface area contributed by atoms with Gasteiger partial charge in [-0.2, -0.15) is 0 Å². The van der Waals surface area contributed by atoms with Crippen LogP contribution in [0.2, 0.25) is 5.02 Å². The summed E-state index contributed by atoms with van der Waals surface area (Å²) in [5, 5.41) is 1.57. The first kappa shape index (κ1) is 22.3. The van der Waals surface area contributed by atoms with Crippen molar-refractivity contribution in [1.82, 2.24) is 4.90 Å². The van der Waals surface area contributed by atoms with Crippen molar-refractivity contribution in [1.29, 1.82) is 0 Å². The highest BCUT2D eigenvalue weighted by Gasteiger charge is 2.22. The molecule has 3 aromatic carbocycles. The molecule has 0 atom stereocenters. The zero-order chi connectivity index (χ0) is 23.7. The third-order valence-corrected chi connectivity index (χ3v) is 6.32. The number of fused-ring (bicyclic) bond motifs is 3. The molecule has 0 amide bonds. The average molecular weight is 478 g/mol. The molecule has 174 valence electrons. The van der Waals surface area contributed by atoms with Gasteiger partial charge in [0.1, 0.15) is 18.1 Å². The third kappa shape index (κ3) is 4.34. The molecule has 0 fully saturated rings. The molecular formula is C27H24ClNO5. The minimum atomic E-state index is -0.411. The van der Waals surface area contributed by atoms with Crippen molar-refractivity contribution < 1.29 is 18.6 Å². The fraction of sp³-hybridized carbons (Fsp3) is 0.222. The van der Waals surface area contributed by atoms with E-state index in [2.05, 4.69) is 4.90 Å². The lowest BCUT2D eigenvalue weighted by molar-refractivity contribution is 0.0968. The van der Waals surface area contributed by atoms with Crippen molar-refractivity contribution in [2.24, 2.45) is 0 Å². The van der Waals surface area contributed by atoms with E-state index in [4.69, 9.17) is 30.2 Å². The second-order valence-electron chi connectivity index (χ2n) is 8.18. The van der Waals surface area contributed by atoms with Crippen molar-refractivity contribution in [3.63, 3.8) is 0 Å². The van der Waals surface area contributed by atoms with Gasteiger partial charge in [0.2, 0.25) is 0 Å². The minimum absolute atomic E-state index is 0.411. The highest BCUT2D eigenvalue weighted by Crippen LogP contribution is 2.35. The summed E-state index contributed by atoms with van der Waals surface area (Å²) in [5.41, 5.74) is 3.40. The molecule has 4 aromatic rings. The predicted molar refractivity (Wildman–Crippen MR) is 132 cm³/mol. The second kappa shape index (κ2) is 9.41. The molecule has 1 aliphatic heterocycles. The van der Waals surface area contributed by atoms with Crippen LogP contribution in [0.25, 0.3) is 22.1 Å². The average Bonchev–Trinajstić information content (AvgIpc) is 2.87. The van der Waals surface area contributed by atoms with Crippen LogP contribution >= 0.6 is 11.6 Å². The first-order chi connectivity index (χ1) is 16.6. The summed E-state index contributed by atoms with van der Waals surface area (Å²) in [6, 6.07) is 18.9. The van der Waals surface area contributed by atoms with Gasteiger partial charge in [-0.3, -0.25) is 4.90 Å². The molecule has 0 spiro atoms. The zero-order valence-electron chi connectivity index (χ0n) is 19.0. The van der Waals surface area contributed by atoms with Gasteiger partial charge in [0.05, 0.1) is 25.3 Å². The number of hydrogen-bond donors (Lipinski definition) is 0. The molecule has 6 nitrogen and oxygen atoms in total. The Morgan fingerprint density at radius 1 is 0.971 bits per heavy atom. The Kier molecular flexibility index (Phi) is 6.18. The van der Waals surface area contributed by atoms with Gasteiger partial charge in [-0.15, -0.1) is 0 Å². The van der Waals surface area contributed by atoms with E-state index in [1.54, 1.807) is 26.4 Å². The molecule has 1 aliphatic rings. The number of ether oxygens (including phenoxy) is 3. The van der Waals surface area contributed by atoms with E-state index in [0.717, 1.165) is 34.7 Å². The van der Waals surface area contributed by atoms with E-state index >= 15 is 0 Å². The lowest BCUT2D eigenvalue weighted by Crippen LogP contribution is -2.33. The molecule has 0 bridgehead atoms. The molecule has 2 heterocycles. The lowest BCUT2D eigenvalue weighted by atomic mass is 10.0. The van der Waals surface area contributed by atoms with Crippen LogP contribution in [0.4, 0.5) is 0 Å². The molecule has 0 aliphatic carbocycles. The Labute approximate surface area is 202 Å². The first-order valence-corrected chi connectivity index (χ1v) is 11.4. The maximum Gasteiger partial charge on any atom is 0.344 e. The predicted octanol–water partition coefficient (Wildman–Crippen LogP) is 5.53. The first-order valence-electron chi connectivity index (χ1n) is 11.0. The SMILES string of the molecule is COc1ccc(-c2cc3ccc4c(c3oc2=O)CN(CCc2ccc(Cl)cc2)CO4)cc1OC. The Morgan fingerprint density at radius 3 is 2.53 bits per heavy atom. The number of hydrogen-bond acceptors (Lipinski definition) is 6. The highest BCUT2D eigenvalue weighted by atomic mass is 35.5. The summed E-state index contributed by atoms with van der Waals surface area (Å²) in [6.07, 6.45) is 0.869. The van der Waals surface area contributed by atoms with Crippen LogP contribution in [0, 0.1) is 0 Å². The summed E-state index contributed by atoms with van der Waals surface area (Å²) in [5.74, 6) is 1.90. The summed E-state index contributed by atoms with van der Waals surface area (Å²) < 4.78 is 22.5.